The third-order valence-electron chi connectivity index (χ3n) is 4.52. The standard InChI is InChI=1S/C26H22N2/c1-3-21(23-16-19(2)15-20(17-23)18-27)10-8-11-22-9-4-5-12-24(22)25-13-6-7-14-26(25)28/h3-17H,1,28H2,2H3/b11-8-,21-10+. The largest absolute Gasteiger partial charge is 0.398 e. The van der Waals surface area contributed by atoms with Crippen molar-refractivity contribution in [3.8, 4) is 17.2 Å². The molecule has 0 aliphatic rings. The van der Waals surface area contributed by atoms with Gasteiger partial charge in [0.25, 0.3) is 0 Å². The second kappa shape index (κ2) is 8.70. The van der Waals surface area contributed by atoms with E-state index >= 15 is 0 Å². The molecule has 0 radical (unpaired) electrons. The van der Waals surface area contributed by atoms with Crippen LogP contribution in [0.25, 0.3) is 22.8 Å². The molecular weight excluding hydrogens is 340 g/mol. The summed E-state index contributed by atoms with van der Waals surface area (Å²) in [7, 11) is 0. The van der Waals surface area contributed by atoms with Crippen LogP contribution in [-0.2, 0) is 0 Å². The molecule has 2 heteroatoms. The van der Waals surface area contributed by atoms with Gasteiger partial charge in [-0.1, -0.05) is 79.4 Å². The van der Waals surface area contributed by atoms with Crippen molar-refractivity contribution in [3.05, 3.63) is 114 Å². The first kappa shape index (κ1) is 18.9. The number of nitriles is 1. The molecule has 0 spiro atoms. The van der Waals surface area contributed by atoms with Crippen LogP contribution in [0.3, 0.4) is 0 Å². The van der Waals surface area contributed by atoms with Crippen molar-refractivity contribution in [1.29, 1.82) is 5.26 Å². The van der Waals surface area contributed by atoms with Crippen LogP contribution in [0.4, 0.5) is 5.69 Å². The topological polar surface area (TPSA) is 49.8 Å². The monoisotopic (exact) mass is 362 g/mol. The van der Waals surface area contributed by atoms with Crippen LogP contribution in [0.15, 0.2) is 91.5 Å². The normalized spacial score (nSPS) is 11.4. The van der Waals surface area contributed by atoms with E-state index in [0.29, 0.717) is 5.56 Å². The lowest BCUT2D eigenvalue weighted by Gasteiger charge is -2.09. The van der Waals surface area contributed by atoms with Crippen LogP contribution in [0.5, 0.6) is 0 Å². The molecule has 0 aromatic heterocycles. The second-order valence-electron chi connectivity index (χ2n) is 6.56. The van der Waals surface area contributed by atoms with E-state index in [1.165, 1.54) is 0 Å². The molecule has 136 valence electrons. The number of anilines is 1. The Hall–Kier alpha value is -3.83. The number of hydrogen-bond acceptors (Lipinski definition) is 2. The fraction of sp³-hybridized carbons (Fsp3) is 0.0385. The Kier molecular flexibility index (Phi) is 5.89. The van der Waals surface area contributed by atoms with Crippen molar-refractivity contribution in [2.75, 3.05) is 5.73 Å². The molecule has 3 aromatic rings. The highest BCUT2D eigenvalue weighted by Gasteiger charge is 2.05. The molecule has 0 unspecified atom stereocenters. The Morgan fingerprint density at radius 2 is 1.71 bits per heavy atom. The molecule has 28 heavy (non-hydrogen) atoms. The fourth-order valence-electron chi connectivity index (χ4n) is 3.18. The van der Waals surface area contributed by atoms with Crippen molar-refractivity contribution in [2.24, 2.45) is 0 Å². The van der Waals surface area contributed by atoms with Gasteiger partial charge in [-0.25, -0.2) is 0 Å². The van der Waals surface area contributed by atoms with Gasteiger partial charge in [0.2, 0.25) is 0 Å². The average Bonchev–Trinajstić information content (AvgIpc) is 2.71. The van der Waals surface area contributed by atoms with Crippen molar-refractivity contribution in [3.63, 3.8) is 0 Å². The lowest BCUT2D eigenvalue weighted by Crippen LogP contribution is -1.91. The number of benzene rings is 3. The van der Waals surface area contributed by atoms with Gasteiger partial charge >= 0.3 is 0 Å². The number of nitrogen functional groups attached to an aromatic ring is 1. The summed E-state index contributed by atoms with van der Waals surface area (Å²) >= 11 is 0. The minimum atomic E-state index is 0.650. The molecule has 2 nitrogen and oxygen atoms in total. The summed E-state index contributed by atoms with van der Waals surface area (Å²) in [5, 5.41) is 9.21. The minimum Gasteiger partial charge on any atom is -0.398 e. The van der Waals surface area contributed by atoms with Crippen LogP contribution in [-0.4, -0.2) is 0 Å². The van der Waals surface area contributed by atoms with Crippen LogP contribution in [0.1, 0.15) is 22.3 Å². The first-order valence-electron chi connectivity index (χ1n) is 9.09. The summed E-state index contributed by atoms with van der Waals surface area (Å²) in [6, 6.07) is 24.1. The fourth-order valence-corrected chi connectivity index (χ4v) is 3.18. The van der Waals surface area contributed by atoms with Crippen LogP contribution in [0, 0.1) is 18.3 Å². The number of rotatable bonds is 5. The van der Waals surface area contributed by atoms with Gasteiger partial charge < -0.3 is 5.73 Å². The van der Waals surface area contributed by atoms with Gasteiger partial charge in [-0.3, -0.25) is 0 Å². The van der Waals surface area contributed by atoms with E-state index in [1.807, 2.05) is 67.6 Å². The zero-order valence-corrected chi connectivity index (χ0v) is 15.9. The zero-order valence-electron chi connectivity index (χ0n) is 15.9. The van der Waals surface area contributed by atoms with E-state index in [1.54, 1.807) is 6.08 Å². The smallest absolute Gasteiger partial charge is 0.0991 e. The Morgan fingerprint density at radius 3 is 2.43 bits per heavy atom. The maximum atomic E-state index is 9.21. The van der Waals surface area contributed by atoms with Crippen molar-refractivity contribution in [1.82, 2.24) is 0 Å². The van der Waals surface area contributed by atoms with Crippen molar-refractivity contribution in [2.45, 2.75) is 6.92 Å². The number of allylic oxidation sites excluding steroid dienone is 4. The number of para-hydroxylation sites is 1. The molecule has 0 aliphatic heterocycles. The van der Waals surface area contributed by atoms with Gasteiger partial charge in [0.1, 0.15) is 0 Å². The third-order valence-corrected chi connectivity index (χ3v) is 4.52. The maximum Gasteiger partial charge on any atom is 0.0991 e. The molecule has 0 bridgehead atoms. The average molecular weight is 362 g/mol. The Labute approximate surface area is 166 Å². The van der Waals surface area contributed by atoms with E-state index < -0.39 is 0 Å². The van der Waals surface area contributed by atoms with Gasteiger partial charge in [0, 0.05) is 11.3 Å². The van der Waals surface area contributed by atoms with Crippen LogP contribution < -0.4 is 5.73 Å². The summed E-state index contributed by atoms with van der Waals surface area (Å²) < 4.78 is 0. The van der Waals surface area contributed by atoms with E-state index in [9.17, 15) is 5.26 Å². The summed E-state index contributed by atoms with van der Waals surface area (Å²) in [6.45, 7) is 5.91. The second-order valence-corrected chi connectivity index (χ2v) is 6.56. The van der Waals surface area contributed by atoms with E-state index in [-0.39, 0.29) is 0 Å². The number of hydrogen-bond donors (Lipinski definition) is 1. The first-order chi connectivity index (χ1) is 13.6. The highest BCUT2D eigenvalue weighted by atomic mass is 14.6. The summed E-state index contributed by atoms with van der Waals surface area (Å²) in [4.78, 5) is 0. The van der Waals surface area contributed by atoms with Crippen molar-refractivity contribution >= 4 is 17.3 Å². The number of nitrogens with zero attached hydrogens (tertiary/aromatic N) is 1. The predicted molar refractivity (Wildman–Crippen MR) is 119 cm³/mol. The van der Waals surface area contributed by atoms with Crippen LogP contribution in [0.2, 0.25) is 0 Å². The Balaban J connectivity index is 1.96. The van der Waals surface area contributed by atoms with Gasteiger partial charge in [-0.2, -0.15) is 5.26 Å². The lowest BCUT2D eigenvalue weighted by molar-refractivity contribution is 1.40. The molecule has 0 heterocycles. The van der Waals surface area contributed by atoms with Gasteiger partial charge in [-0.15, -0.1) is 0 Å². The third kappa shape index (κ3) is 4.28. The van der Waals surface area contributed by atoms with Gasteiger partial charge in [0.05, 0.1) is 11.6 Å². The highest BCUT2D eigenvalue weighted by molar-refractivity contribution is 5.83. The SMILES string of the molecule is C=C/C(=C\C=C/c1ccccc1-c1ccccc1N)c1cc(C)cc(C#N)c1. The summed E-state index contributed by atoms with van der Waals surface area (Å²) in [5.41, 5.74) is 13.8. The van der Waals surface area contributed by atoms with Crippen LogP contribution >= 0.6 is 0 Å². The predicted octanol–water partition coefficient (Wildman–Crippen LogP) is 6.40. The van der Waals surface area contributed by atoms with Crippen molar-refractivity contribution < 1.29 is 0 Å². The van der Waals surface area contributed by atoms with Gasteiger partial charge in [-0.05, 0) is 52.9 Å². The Morgan fingerprint density at radius 1 is 1.00 bits per heavy atom. The summed E-state index contributed by atoms with van der Waals surface area (Å²) in [6.07, 6.45) is 7.88. The molecule has 3 aromatic carbocycles. The van der Waals surface area contributed by atoms with E-state index in [4.69, 9.17) is 5.73 Å². The lowest BCUT2D eigenvalue weighted by atomic mass is 9.97. The molecule has 0 saturated heterocycles. The molecule has 2 N–H and O–H groups in total. The molecule has 0 fully saturated rings. The van der Waals surface area contributed by atoms with E-state index in [0.717, 1.165) is 39.1 Å². The quantitative estimate of drug-likeness (QED) is 0.422. The first-order valence-corrected chi connectivity index (χ1v) is 9.09. The zero-order chi connectivity index (χ0) is 19.9. The number of nitrogens with two attached hydrogens (primary N) is 1. The minimum absolute atomic E-state index is 0.650. The van der Waals surface area contributed by atoms with Gasteiger partial charge in [0.15, 0.2) is 0 Å². The molecular formula is C26H22N2. The van der Waals surface area contributed by atoms with E-state index in [2.05, 4.69) is 36.9 Å². The molecule has 0 aliphatic carbocycles. The molecule has 0 saturated carbocycles. The molecule has 3 rings (SSSR count). The summed E-state index contributed by atoms with van der Waals surface area (Å²) in [5.74, 6) is 0. The maximum absolute atomic E-state index is 9.21. The highest BCUT2D eigenvalue weighted by Crippen LogP contribution is 2.29. The molecule has 0 atom stereocenters. The Bertz CT molecular complexity index is 1110. The molecule has 0 amide bonds. The number of aryl methyl sites for hydroxylation is 1.